The quantitative estimate of drug-likeness (QED) is 0.426. The van der Waals surface area contributed by atoms with Gasteiger partial charge in [0.1, 0.15) is 0 Å². The van der Waals surface area contributed by atoms with E-state index in [0.717, 1.165) is 4.90 Å². The van der Waals surface area contributed by atoms with Crippen molar-refractivity contribution in [3.05, 3.63) is 36.9 Å². The average molecular weight is 265 g/mol. The molecule has 1 aromatic rings. The molecular weight excluding hydrogens is 250 g/mol. The summed E-state index contributed by atoms with van der Waals surface area (Å²) in [6.45, 7) is 3.78. The number of hydrogen-bond donors (Lipinski definition) is 3. The first-order chi connectivity index (χ1) is 8.61. The van der Waals surface area contributed by atoms with Crippen LogP contribution in [0, 0.1) is 0 Å². The van der Waals surface area contributed by atoms with Crippen molar-refractivity contribution >= 4 is 29.4 Å². The number of anilines is 1. The molecule has 0 saturated heterocycles. The maximum atomic E-state index is 11.4. The van der Waals surface area contributed by atoms with E-state index in [4.69, 9.17) is 5.73 Å². The predicted molar refractivity (Wildman–Crippen MR) is 73.3 cm³/mol. The van der Waals surface area contributed by atoms with E-state index in [-0.39, 0.29) is 11.7 Å². The molecule has 5 nitrogen and oxygen atoms in total. The van der Waals surface area contributed by atoms with Gasteiger partial charge in [0.25, 0.3) is 0 Å². The summed E-state index contributed by atoms with van der Waals surface area (Å²) in [7, 11) is 0. The molecule has 0 aliphatic rings. The topological polar surface area (TPSA) is 84.2 Å². The Morgan fingerprint density at radius 2 is 2.00 bits per heavy atom. The molecule has 0 bridgehead atoms. The van der Waals surface area contributed by atoms with Crippen molar-refractivity contribution in [3.8, 4) is 0 Å². The summed E-state index contributed by atoms with van der Waals surface area (Å²) < 4.78 is 0. The largest absolute Gasteiger partial charge is 0.399 e. The van der Waals surface area contributed by atoms with Crippen molar-refractivity contribution in [1.29, 1.82) is 0 Å². The maximum Gasteiger partial charge on any atom is 0.321 e. The number of imide groups is 1. The number of carbonyl (C=O) groups excluding carboxylic acids is 2. The Bertz CT molecular complexity index is 431. The Balaban J connectivity index is 2.30. The second kappa shape index (κ2) is 7.39. The van der Waals surface area contributed by atoms with Crippen molar-refractivity contribution in [2.75, 3.05) is 18.0 Å². The zero-order valence-corrected chi connectivity index (χ0v) is 10.6. The minimum Gasteiger partial charge on any atom is -0.399 e. The van der Waals surface area contributed by atoms with E-state index in [9.17, 15) is 9.59 Å². The molecule has 0 radical (unpaired) electrons. The molecule has 0 aromatic heterocycles. The van der Waals surface area contributed by atoms with Crippen LogP contribution < -0.4 is 16.4 Å². The molecule has 4 N–H and O–H groups in total. The zero-order valence-electron chi connectivity index (χ0n) is 9.81. The number of carbonyl (C=O) groups is 2. The molecule has 0 unspecified atom stereocenters. The van der Waals surface area contributed by atoms with Crippen molar-refractivity contribution in [2.24, 2.45) is 0 Å². The van der Waals surface area contributed by atoms with Gasteiger partial charge in [0.15, 0.2) is 0 Å². The van der Waals surface area contributed by atoms with Crippen LogP contribution in [0.25, 0.3) is 0 Å². The predicted octanol–water partition coefficient (Wildman–Crippen LogP) is 1.37. The number of nitrogens with two attached hydrogens (primary N) is 1. The minimum absolute atomic E-state index is 0.172. The van der Waals surface area contributed by atoms with E-state index in [1.165, 1.54) is 17.8 Å². The van der Waals surface area contributed by atoms with Crippen LogP contribution in [0.4, 0.5) is 10.5 Å². The van der Waals surface area contributed by atoms with Crippen molar-refractivity contribution in [3.63, 3.8) is 0 Å². The minimum atomic E-state index is -0.516. The lowest BCUT2D eigenvalue weighted by atomic mass is 10.3. The summed E-state index contributed by atoms with van der Waals surface area (Å²) in [4.78, 5) is 23.5. The van der Waals surface area contributed by atoms with Gasteiger partial charge in [0.2, 0.25) is 5.91 Å². The smallest absolute Gasteiger partial charge is 0.321 e. The molecule has 0 aliphatic carbocycles. The van der Waals surface area contributed by atoms with Gasteiger partial charge in [-0.05, 0) is 24.3 Å². The number of nitrogens with one attached hydrogen (secondary N) is 2. The first kappa shape index (κ1) is 14.1. The fourth-order valence-electron chi connectivity index (χ4n) is 1.08. The average Bonchev–Trinajstić information content (AvgIpc) is 2.35. The number of hydrogen-bond acceptors (Lipinski definition) is 4. The normalized spacial score (nSPS) is 9.56. The Morgan fingerprint density at radius 3 is 2.61 bits per heavy atom. The van der Waals surface area contributed by atoms with Gasteiger partial charge >= 0.3 is 6.03 Å². The molecule has 18 heavy (non-hydrogen) atoms. The molecule has 6 heteroatoms. The third-order valence-electron chi connectivity index (χ3n) is 1.91. The van der Waals surface area contributed by atoms with Gasteiger partial charge in [-0.3, -0.25) is 10.1 Å². The van der Waals surface area contributed by atoms with E-state index in [1.54, 1.807) is 12.1 Å². The molecule has 0 heterocycles. The maximum absolute atomic E-state index is 11.4. The number of rotatable bonds is 5. The fourth-order valence-corrected chi connectivity index (χ4v) is 1.78. The molecular formula is C12H15N3O2S. The van der Waals surface area contributed by atoms with Gasteiger partial charge in [0, 0.05) is 17.1 Å². The standard InChI is InChI=1S/C12H15N3O2S/c1-2-7-14-12(17)15-11(16)8-18-10-5-3-9(13)4-6-10/h2-6H,1,7-8,13H2,(H2,14,15,16,17). The second-order valence-electron chi connectivity index (χ2n) is 3.40. The first-order valence-corrected chi connectivity index (χ1v) is 6.27. The van der Waals surface area contributed by atoms with Crippen LogP contribution in [0.2, 0.25) is 0 Å². The summed E-state index contributed by atoms with van der Waals surface area (Å²) in [5.74, 6) is -0.177. The van der Waals surface area contributed by atoms with Crippen molar-refractivity contribution in [1.82, 2.24) is 10.6 Å². The highest BCUT2D eigenvalue weighted by Crippen LogP contribution is 2.18. The van der Waals surface area contributed by atoms with Gasteiger partial charge in [-0.25, -0.2) is 4.79 Å². The van der Waals surface area contributed by atoms with Crippen LogP contribution in [0.15, 0.2) is 41.8 Å². The van der Waals surface area contributed by atoms with Crippen LogP contribution in [-0.2, 0) is 4.79 Å². The summed E-state index contributed by atoms with van der Waals surface area (Å²) in [6, 6.07) is 6.65. The van der Waals surface area contributed by atoms with Gasteiger partial charge in [-0.15, -0.1) is 18.3 Å². The van der Waals surface area contributed by atoms with Crippen molar-refractivity contribution < 1.29 is 9.59 Å². The van der Waals surface area contributed by atoms with Crippen LogP contribution in [0.1, 0.15) is 0 Å². The number of benzene rings is 1. The van der Waals surface area contributed by atoms with E-state index >= 15 is 0 Å². The Labute approximate surface area is 110 Å². The lowest BCUT2D eigenvalue weighted by Crippen LogP contribution is -2.40. The summed E-state index contributed by atoms with van der Waals surface area (Å²) in [6.07, 6.45) is 1.53. The monoisotopic (exact) mass is 265 g/mol. The summed E-state index contributed by atoms with van der Waals surface area (Å²) >= 11 is 1.34. The van der Waals surface area contributed by atoms with Crippen LogP contribution >= 0.6 is 11.8 Å². The number of thioether (sulfide) groups is 1. The highest BCUT2D eigenvalue weighted by molar-refractivity contribution is 8.00. The Kier molecular flexibility index (Phi) is 5.79. The Morgan fingerprint density at radius 1 is 1.33 bits per heavy atom. The summed E-state index contributed by atoms with van der Waals surface area (Å²) in [5, 5.41) is 4.67. The molecule has 0 atom stereocenters. The third kappa shape index (κ3) is 5.40. The molecule has 0 fully saturated rings. The van der Waals surface area contributed by atoms with E-state index < -0.39 is 6.03 Å². The highest BCUT2D eigenvalue weighted by Gasteiger charge is 2.06. The lowest BCUT2D eigenvalue weighted by Gasteiger charge is -2.05. The van der Waals surface area contributed by atoms with E-state index in [2.05, 4.69) is 17.2 Å². The van der Waals surface area contributed by atoms with Gasteiger partial charge in [-0.1, -0.05) is 6.08 Å². The van der Waals surface area contributed by atoms with E-state index in [1.807, 2.05) is 12.1 Å². The molecule has 3 amide bonds. The molecule has 0 aliphatic heterocycles. The number of nitrogen functional groups attached to an aromatic ring is 1. The molecule has 1 aromatic carbocycles. The van der Waals surface area contributed by atoms with E-state index in [0.29, 0.717) is 12.2 Å². The highest BCUT2D eigenvalue weighted by atomic mass is 32.2. The van der Waals surface area contributed by atoms with Crippen LogP contribution in [-0.4, -0.2) is 24.2 Å². The van der Waals surface area contributed by atoms with Crippen molar-refractivity contribution in [2.45, 2.75) is 4.90 Å². The Hall–Kier alpha value is -1.95. The van der Waals surface area contributed by atoms with Gasteiger partial charge in [-0.2, -0.15) is 0 Å². The molecule has 0 saturated carbocycles. The number of urea groups is 1. The first-order valence-electron chi connectivity index (χ1n) is 5.28. The molecule has 0 spiro atoms. The molecule has 96 valence electrons. The number of amides is 3. The van der Waals surface area contributed by atoms with Gasteiger partial charge in [0.05, 0.1) is 5.75 Å². The molecule has 1 rings (SSSR count). The third-order valence-corrected chi connectivity index (χ3v) is 2.92. The summed E-state index contributed by atoms with van der Waals surface area (Å²) in [5.41, 5.74) is 6.22. The fraction of sp³-hybridized carbons (Fsp3) is 0.167. The SMILES string of the molecule is C=CCNC(=O)NC(=O)CSc1ccc(N)cc1. The van der Waals surface area contributed by atoms with Crippen LogP contribution in [0.3, 0.4) is 0 Å². The zero-order chi connectivity index (χ0) is 13.4. The lowest BCUT2D eigenvalue weighted by molar-refractivity contribution is -0.117. The second-order valence-corrected chi connectivity index (χ2v) is 4.45. The van der Waals surface area contributed by atoms with Gasteiger partial charge < -0.3 is 11.1 Å². The van der Waals surface area contributed by atoms with Crippen LogP contribution in [0.5, 0.6) is 0 Å².